The molecular formula is C11H13BrN4. The molecule has 0 atom stereocenters. The Morgan fingerprint density at radius 2 is 2.12 bits per heavy atom. The van der Waals surface area contributed by atoms with Gasteiger partial charge in [-0.25, -0.2) is 9.67 Å². The van der Waals surface area contributed by atoms with E-state index in [0.29, 0.717) is 6.54 Å². The Hall–Kier alpha value is -1.20. The first-order chi connectivity index (χ1) is 7.61. The van der Waals surface area contributed by atoms with Gasteiger partial charge in [0.05, 0.1) is 5.69 Å². The molecule has 0 saturated heterocycles. The van der Waals surface area contributed by atoms with E-state index in [1.54, 1.807) is 0 Å². The summed E-state index contributed by atoms with van der Waals surface area (Å²) in [4.78, 5) is 4.27. The Bertz CT molecular complexity index is 519. The van der Waals surface area contributed by atoms with E-state index in [2.05, 4.69) is 26.0 Å². The summed E-state index contributed by atoms with van der Waals surface area (Å²) in [5.41, 5.74) is 7.68. The zero-order valence-electron chi connectivity index (χ0n) is 9.24. The predicted octanol–water partition coefficient (Wildman–Crippen LogP) is 2.11. The zero-order chi connectivity index (χ0) is 11.7. The first kappa shape index (κ1) is 11.3. The van der Waals surface area contributed by atoms with Crippen LogP contribution in [0.25, 0.3) is 5.69 Å². The summed E-state index contributed by atoms with van der Waals surface area (Å²) in [6, 6.07) is 5.99. The summed E-state index contributed by atoms with van der Waals surface area (Å²) >= 11 is 3.49. The van der Waals surface area contributed by atoms with E-state index in [1.807, 2.05) is 36.7 Å². The molecule has 2 N–H and O–H groups in total. The number of rotatable bonds is 2. The zero-order valence-corrected chi connectivity index (χ0v) is 10.8. The molecule has 1 heterocycles. The van der Waals surface area contributed by atoms with Gasteiger partial charge in [0, 0.05) is 11.0 Å². The highest BCUT2D eigenvalue weighted by atomic mass is 79.9. The summed E-state index contributed by atoms with van der Waals surface area (Å²) < 4.78 is 2.82. The summed E-state index contributed by atoms with van der Waals surface area (Å²) in [5, 5.41) is 4.33. The highest BCUT2D eigenvalue weighted by molar-refractivity contribution is 9.10. The monoisotopic (exact) mass is 280 g/mol. The van der Waals surface area contributed by atoms with Gasteiger partial charge in [-0.2, -0.15) is 5.10 Å². The number of benzene rings is 1. The van der Waals surface area contributed by atoms with Gasteiger partial charge < -0.3 is 5.73 Å². The van der Waals surface area contributed by atoms with E-state index >= 15 is 0 Å². The van der Waals surface area contributed by atoms with Crippen LogP contribution in [-0.4, -0.2) is 14.8 Å². The first-order valence-electron chi connectivity index (χ1n) is 5.01. The molecule has 84 valence electrons. The Balaban J connectivity index is 2.49. The van der Waals surface area contributed by atoms with Crippen molar-refractivity contribution in [2.75, 3.05) is 0 Å². The Kier molecular flexibility index (Phi) is 3.07. The molecule has 1 aromatic carbocycles. The maximum Gasteiger partial charge on any atom is 0.148 e. The van der Waals surface area contributed by atoms with Gasteiger partial charge in [-0.1, -0.05) is 22.0 Å². The maximum absolute atomic E-state index is 5.61. The molecule has 4 nitrogen and oxygen atoms in total. The third kappa shape index (κ3) is 2.01. The van der Waals surface area contributed by atoms with Gasteiger partial charge in [-0.05, 0) is 31.5 Å². The Labute approximate surface area is 103 Å². The summed E-state index contributed by atoms with van der Waals surface area (Å²) in [6.45, 7) is 4.34. The summed E-state index contributed by atoms with van der Waals surface area (Å²) in [6.07, 6.45) is 0. The second kappa shape index (κ2) is 4.35. The average molecular weight is 281 g/mol. The molecule has 0 spiro atoms. The van der Waals surface area contributed by atoms with Crippen molar-refractivity contribution in [3.8, 4) is 5.69 Å². The molecule has 0 aliphatic heterocycles. The van der Waals surface area contributed by atoms with Gasteiger partial charge in [0.1, 0.15) is 11.6 Å². The first-order valence-corrected chi connectivity index (χ1v) is 5.80. The molecular weight excluding hydrogens is 268 g/mol. The highest BCUT2D eigenvalue weighted by Crippen LogP contribution is 2.20. The third-order valence-corrected chi connectivity index (χ3v) is 3.11. The SMILES string of the molecule is Cc1nc(C)n(-c2ccc(CN)c(Br)c2)n1. The maximum atomic E-state index is 5.61. The minimum absolute atomic E-state index is 0.524. The van der Waals surface area contributed by atoms with E-state index < -0.39 is 0 Å². The van der Waals surface area contributed by atoms with Crippen LogP contribution in [0.4, 0.5) is 0 Å². The van der Waals surface area contributed by atoms with Crippen molar-refractivity contribution in [3.63, 3.8) is 0 Å². The minimum Gasteiger partial charge on any atom is -0.326 e. The van der Waals surface area contributed by atoms with Crippen LogP contribution in [0, 0.1) is 13.8 Å². The normalized spacial score (nSPS) is 10.8. The topological polar surface area (TPSA) is 56.7 Å². The van der Waals surface area contributed by atoms with Crippen molar-refractivity contribution in [1.82, 2.24) is 14.8 Å². The van der Waals surface area contributed by atoms with Gasteiger partial charge in [0.25, 0.3) is 0 Å². The molecule has 2 rings (SSSR count). The molecule has 5 heteroatoms. The molecule has 0 unspecified atom stereocenters. The van der Waals surface area contributed by atoms with Crippen LogP contribution < -0.4 is 5.73 Å². The number of hydrogen-bond acceptors (Lipinski definition) is 3. The molecule has 0 radical (unpaired) electrons. The average Bonchev–Trinajstić information content (AvgIpc) is 2.58. The number of nitrogens with two attached hydrogens (primary N) is 1. The molecule has 16 heavy (non-hydrogen) atoms. The molecule has 2 aromatic rings. The largest absolute Gasteiger partial charge is 0.326 e. The van der Waals surface area contributed by atoms with E-state index in [-0.39, 0.29) is 0 Å². The molecule has 0 aliphatic carbocycles. The van der Waals surface area contributed by atoms with Crippen molar-refractivity contribution in [2.24, 2.45) is 5.73 Å². The smallest absolute Gasteiger partial charge is 0.148 e. The van der Waals surface area contributed by atoms with Crippen molar-refractivity contribution in [3.05, 3.63) is 39.9 Å². The number of hydrogen-bond donors (Lipinski definition) is 1. The highest BCUT2D eigenvalue weighted by Gasteiger charge is 2.06. The number of aromatic nitrogens is 3. The minimum atomic E-state index is 0.524. The van der Waals surface area contributed by atoms with Crippen LogP contribution in [0.1, 0.15) is 17.2 Å². The lowest BCUT2D eigenvalue weighted by molar-refractivity contribution is 0.829. The molecule has 0 fully saturated rings. The van der Waals surface area contributed by atoms with Crippen molar-refractivity contribution in [1.29, 1.82) is 0 Å². The quantitative estimate of drug-likeness (QED) is 0.917. The van der Waals surface area contributed by atoms with Gasteiger partial charge in [0.15, 0.2) is 0 Å². The van der Waals surface area contributed by atoms with Crippen LogP contribution in [0.15, 0.2) is 22.7 Å². The number of aryl methyl sites for hydroxylation is 2. The van der Waals surface area contributed by atoms with Crippen molar-refractivity contribution >= 4 is 15.9 Å². The van der Waals surface area contributed by atoms with Gasteiger partial charge in [-0.15, -0.1) is 0 Å². The number of nitrogens with zero attached hydrogens (tertiary/aromatic N) is 3. The van der Waals surface area contributed by atoms with Crippen LogP contribution in [-0.2, 0) is 6.54 Å². The van der Waals surface area contributed by atoms with E-state index in [4.69, 9.17) is 5.73 Å². The van der Waals surface area contributed by atoms with Gasteiger partial charge in [0.2, 0.25) is 0 Å². The number of halogens is 1. The third-order valence-electron chi connectivity index (χ3n) is 2.38. The lowest BCUT2D eigenvalue weighted by Gasteiger charge is -2.06. The molecule has 1 aromatic heterocycles. The molecule has 0 saturated carbocycles. The van der Waals surface area contributed by atoms with Crippen LogP contribution >= 0.6 is 15.9 Å². The standard InChI is InChI=1S/C11H13BrN4/c1-7-14-8(2)16(15-7)10-4-3-9(6-13)11(12)5-10/h3-5H,6,13H2,1-2H3. The molecule has 0 aliphatic rings. The summed E-state index contributed by atoms with van der Waals surface area (Å²) in [7, 11) is 0. The van der Waals surface area contributed by atoms with Gasteiger partial charge >= 0.3 is 0 Å². The fourth-order valence-corrected chi connectivity index (χ4v) is 2.13. The van der Waals surface area contributed by atoms with E-state index in [9.17, 15) is 0 Å². The lowest BCUT2D eigenvalue weighted by atomic mass is 10.2. The Morgan fingerprint density at radius 1 is 1.38 bits per heavy atom. The second-order valence-electron chi connectivity index (χ2n) is 3.60. The van der Waals surface area contributed by atoms with Crippen LogP contribution in [0.2, 0.25) is 0 Å². The van der Waals surface area contributed by atoms with Crippen molar-refractivity contribution < 1.29 is 0 Å². The van der Waals surface area contributed by atoms with E-state index in [0.717, 1.165) is 27.4 Å². The fourth-order valence-electron chi connectivity index (χ4n) is 1.60. The fraction of sp³-hybridized carbons (Fsp3) is 0.273. The predicted molar refractivity (Wildman–Crippen MR) is 66.4 cm³/mol. The lowest BCUT2D eigenvalue weighted by Crippen LogP contribution is -2.02. The van der Waals surface area contributed by atoms with Crippen molar-refractivity contribution in [2.45, 2.75) is 20.4 Å². The van der Waals surface area contributed by atoms with Crippen LogP contribution in [0.5, 0.6) is 0 Å². The second-order valence-corrected chi connectivity index (χ2v) is 4.45. The molecule has 0 bridgehead atoms. The molecule has 0 amide bonds. The van der Waals surface area contributed by atoms with E-state index in [1.165, 1.54) is 0 Å². The van der Waals surface area contributed by atoms with Gasteiger partial charge in [-0.3, -0.25) is 0 Å². The van der Waals surface area contributed by atoms with Crippen LogP contribution in [0.3, 0.4) is 0 Å². The Morgan fingerprint density at radius 3 is 2.62 bits per heavy atom. The summed E-state index contributed by atoms with van der Waals surface area (Å²) in [5.74, 6) is 1.65.